The normalized spacial score (nSPS) is 36.4. The zero-order chi connectivity index (χ0) is 109. The molecule has 15 aliphatic rings. The van der Waals surface area contributed by atoms with E-state index in [0.29, 0.717) is 95.2 Å². The summed E-state index contributed by atoms with van der Waals surface area (Å²) < 4.78 is 68.7. The van der Waals surface area contributed by atoms with Crippen molar-refractivity contribution >= 4 is 69.6 Å². The van der Waals surface area contributed by atoms with Crippen molar-refractivity contribution in [1.29, 1.82) is 11.8 Å². The second-order valence-electron chi connectivity index (χ2n) is 51.9. The van der Waals surface area contributed by atoms with Gasteiger partial charge in [0.1, 0.15) is 35.7 Å². The van der Waals surface area contributed by atoms with Crippen LogP contribution in [-0.4, -0.2) is 165 Å². The van der Waals surface area contributed by atoms with Gasteiger partial charge in [0, 0.05) is 40.1 Å². The molecule has 24 atom stereocenters. The van der Waals surface area contributed by atoms with E-state index in [9.17, 15) is 29.1 Å². The molecule has 7 aliphatic carbocycles. The van der Waals surface area contributed by atoms with Gasteiger partial charge in [-0.3, -0.25) is 19.2 Å². The number of aromatic nitrogens is 1. The first-order valence-electron chi connectivity index (χ1n) is 53.3. The van der Waals surface area contributed by atoms with Crippen LogP contribution in [-0.2, 0) is 90.2 Å². The van der Waals surface area contributed by atoms with Gasteiger partial charge in [-0.2, -0.15) is 24.7 Å². The molecule has 818 valence electrons. The van der Waals surface area contributed by atoms with E-state index in [1.54, 1.807) is 0 Å². The number of nitrogens with zero attached hydrogens (tertiary/aromatic N) is 4. The Morgan fingerprint density at radius 3 is 1.14 bits per heavy atom. The molecule has 24 nitrogen and oxygen atoms in total. The molecule has 0 radical (unpaired) electrons. The van der Waals surface area contributed by atoms with Gasteiger partial charge >= 0.3 is 60.4 Å². The van der Waals surface area contributed by atoms with Crippen molar-refractivity contribution in [2.45, 2.75) is 481 Å². The molecule has 0 bridgehead atoms. The Hall–Kier alpha value is -2.23. The Bertz CT molecular complexity index is 4590. The van der Waals surface area contributed by atoms with Crippen molar-refractivity contribution in [3.05, 3.63) is 63.7 Å². The molecular formula is C115H195ClN5Na2O19P2S+. The predicted octanol–water partition coefficient (Wildman–Crippen LogP) is 18.2. The third-order valence-corrected chi connectivity index (χ3v) is 35.8. The van der Waals surface area contributed by atoms with Gasteiger partial charge in [-0.05, 0) is 218 Å². The number of nitriles is 2. The summed E-state index contributed by atoms with van der Waals surface area (Å²) in [5.41, 5.74) is -0.146. The average molecular weight is 2130 g/mol. The number of halogens is 1. The van der Waals surface area contributed by atoms with Crippen LogP contribution in [0.15, 0.2) is 45.5 Å². The Balaban J connectivity index is 0.000000564. The summed E-state index contributed by atoms with van der Waals surface area (Å²) in [7, 11) is 3.70. The summed E-state index contributed by atoms with van der Waals surface area (Å²) in [6, 6.07) is 4.12. The second-order valence-corrected chi connectivity index (χ2v) is 54.7. The van der Waals surface area contributed by atoms with Gasteiger partial charge < -0.3 is 72.5 Å². The van der Waals surface area contributed by atoms with Crippen LogP contribution < -0.4 is 75.2 Å². The first kappa shape index (κ1) is 137. The Morgan fingerprint density at radius 2 is 0.793 bits per heavy atom. The molecule has 8 aliphatic heterocycles. The maximum atomic E-state index is 12.4. The van der Waals surface area contributed by atoms with Crippen LogP contribution in [0, 0.1) is 147 Å². The van der Waals surface area contributed by atoms with E-state index < -0.39 is 40.4 Å². The fraction of sp³-hybridized carbons (Fsp3) is 0.852. The topological polar surface area (TPSA) is 359 Å². The van der Waals surface area contributed by atoms with E-state index in [0.717, 1.165) is 129 Å². The number of nitrogens with two attached hydrogens (primary N) is 1. The molecular weight excluding hydrogens is 1930 g/mol. The minimum absolute atomic E-state index is 0. The van der Waals surface area contributed by atoms with Crippen molar-refractivity contribution in [1.82, 2.24) is 5.16 Å². The zero-order valence-corrected chi connectivity index (χ0v) is 104. The van der Waals surface area contributed by atoms with Crippen molar-refractivity contribution in [3.8, 4) is 12.1 Å². The third kappa shape index (κ3) is 29.6. The summed E-state index contributed by atoms with van der Waals surface area (Å²) in [5.74, 6) is 7.74. The van der Waals surface area contributed by atoms with Crippen molar-refractivity contribution < 1.29 is 151 Å². The quantitative estimate of drug-likeness (QED) is 0.0543. The summed E-state index contributed by atoms with van der Waals surface area (Å²) in [6.45, 7) is 83.0. The number of hydrogen-bond acceptors (Lipinski definition) is 24. The first-order valence-corrected chi connectivity index (χ1v) is 56.3. The molecule has 11 fully saturated rings. The molecule has 30 heteroatoms. The van der Waals surface area contributed by atoms with Gasteiger partial charge in [0.15, 0.2) is 41.9 Å². The van der Waals surface area contributed by atoms with Gasteiger partial charge in [0.25, 0.3) is 0 Å². The van der Waals surface area contributed by atoms with E-state index in [4.69, 9.17) is 80.9 Å². The van der Waals surface area contributed by atoms with Gasteiger partial charge in [0.05, 0.1) is 165 Å². The molecule has 145 heavy (non-hydrogen) atoms. The number of carbonyl (C=O) groups is 5. The number of allylic oxidation sites excluding steroid dienone is 3. The number of rotatable bonds is 8. The summed E-state index contributed by atoms with van der Waals surface area (Å²) in [6.07, 6.45) is 30.2. The van der Waals surface area contributed by atoms with Crippen molar-refractivity contribution in [2.75, 3.05) is 27.4 Å². The molecule has 0 aromatic carbocycles. The third-order valence-electron chi connectivity index (χ3n) is 35.8. The van der Waals surface area contributed by atoms with E-state index in [1.165, 1.54) is 37.7 Å². The molecule has 3 unspecified atom stereocenters. The van der Waals surface area contributed by atoms with Crippen LogP contribution in [0.4, 0.5) is 0 Å². The monoisotopic (exact) mass is 2130 g/mol. The number of carbonyl (C=O) groups excluding carboxylic acids is 5. The Labute approximate surface area is 937 Å². The number of ketones is 4. The maximum Gasteiger partial charge on any atom is 1.00 e. The number of Topliss-reactive ketones (excluding diaryl/α,β-unsaturated/α-hetero) is 4. The summed E-state index contributed by atoms with van der Waals surface area (Å²) in [4.78, 5) is 64.0. The van der Waals surface area contributed by atoms with E-state index in [-0.39, 0.29) is 223 Å². The fourth-order valence-corrected chi connectivity index (χ4v) is 27.6. The molecule has 3 saturated carbocycles. The summed E-state index contributed by atoms with van der Waals surface area (Å²) in [5, 5.41) is 55.7. The minimum atomic E-state index is -0.870. The van der Waals surface area contributed by atoms with Crippen LogP contribution in [0.3, 0.4) is 0 Å². The summed E-state index contributed by atoms with van der Waals surface area (Å²) >= 11 is 4.31. The number of fused-ring (bicyclic) bond motifs is 8. The Kier molecular flexibility index (Phi) is 52.0. The van der Waals surface area contributed by atoms with E-state index in [2.05, 4.69) is 236 Å². The van der Waals surface area contributed by atoms with E-state index >= 15 is 0 Å². The second kappa shape index (κ2) is 55.1. The minimum Gasteiger partial charge on any atom is -0.857 e. The molecule has 16 rings (SSSR count). The van der Waals surface area contributed by atoms with Gasteiger partial charge in [-0.25, -0.2) is 10.7 Å². The van der Waals surface area contributed by atoms with E-state index in [1.807, 2.05) is 73.7 Å². The van der Waals surface area contributed by atoms with Crippen LogP contribution in [0.25, 0.3) is 4.85 Å². The SMILES string of the molecule is C.CC(C)[C@@H]1CC[C@@]2(C)C=C(C#N)C(=O)C(C)(C)[C@@H]2O1.CC(C)[C@@H]1CC[C@@]2(C)CC(C=O)C(=O)C(C)(C)[C@@H]2O1.CC(C)[C@@H]1CC[C@@]2(C)CCC(=O)C(C)(C)[C@@H]2O1.CC(C)[C@@H]1CC[C@@]2(C)CCC3(OCCO3)C(C)(C)[C@@H]2O1.CC(C)[C@@H]1CC[C@@]2(C)Cc3cnoc3C(C)(C)[C@@H]2O1.CC(C)[C@H]1CC[C@]2(C)C=C(C#N)C(=O)C(C)(C)[C@H]2O1.C[O-].C[O-].Cl.NO.[3H][P+](P)=S.[C-]#[N+]C1=C(O)C(C)(C)[C@@H]2O[C@H](C(C)C)CC[C@@]2(C)C1.[Na+].[Na+]. The number of aldehydes is 1. The largest absolute Gasteiger partial charge is 1.00 e. The van der Waals surface area contributed by atoms with Crippen molar-refractivity contribution in [3.63, 3.8) is 0 Å². The van der Waals surface area contributed by atoms with Crippen LogP contribution in [0.2, 0.25) is 0 Å². The maximum absolute atomic E-state index is 12.4. The molecule has 9 heterocycles. The van der Waals surface area contributed by atoms with Gasteiger partial charge in [-0.1, -0.05) is 239 Å². The molecule has 1 aromatic rings. The number of aliphatic hydroxyl groups is 1. The first-order chi connectivity index (χ1) is 65.5. The fourth-order valence-electron chi connectivity index (χ4n) is 27.6. The number of hydrogen-bond donors (Lipinski definition) is 3. The van der Waals surface area contributed by atoms with Crippen molar-refractivity contribution in [2.24, 2.45) is 124 Å². The molecule has 1 aromatic heterocycles. The van der Waals surface area contributed by atoms with Crippen LogP contribution in [0.1, 0.15) is 389 Å². The van der Waals surface area contributed by atoms with Crippen LogP contribution >= 0.6 is 28.3 Å². The molecule has 1 spiro atoms. The number of aliphatic hydroxyl groups excluding tert-OH is 1. The molecule has 8 saturated heterocycles. The Morgan fingerprint density at radius 1 is 0.483 bits per heavy atom. The smallest absolute Gasteiger partial charge is 0.857 e. The number of ether oxygens (including phenoxy) is 9. The predicted molar refractivity (Wildman–Crippen MR) is 575 cm³/mol. The zero-order valence-electron chi connectivity index (χ0n) is 97.3. The molecule has 4 N–H and O–H groups in total. The van der Waals surface area contributed by atoms with Gasteiger partial charge in [-0.15, -0.1) is 12.4 Å². The standard InChI is InChI=1S/C17H30O3.2C16H25NO2.2C16H23NO2.C16H26O3.C15H26O2.2CH3O.CH4.ClH.H3NO.2Na.H2P2S/c1-12(2)13-6-7-16(5)8-9-17(18-10-11-19-17)15(3,4)14(16)20-13;1-10(2)12-6-7-16(5)8-11-9-17-19-13(11)15(3,4)14(16)18-12;1-10(2)12-7-8-16(5)9-11(17-6)13(18)15(3,4)14(16)19-12;3*1-10(2)12-6-7-16(5)8-11(9-17)13(18)15(3,4)14(16)19-12;1-10(2)11-6-8-15(5)9-7-12(16)14(3,4)13(15)17-11;2*1-2;;;1-2;;;1-2-3/h12-14H,6-11H2,1-5H3;9-10,12,14H,6-8H2,1-5H3;10,12,14,18H,7-9H2,1-5H3;2*8,10,12,14H,6-7H2,1-5H3;9-12,14H,6-8H2,1-5H3;10-11,13H,6-9H2,1-5H3;2*1H3;1H4;1H;2H,1H2;;;1H2/q;;;;;;;2*-1;;;;2*+1;/p+1/t13-,14-,16-;4*12-,14-,16-;11?,12-,14-,16-;11-,13-,15-;;;;;;;;/m0001000......../s1/i/hT. The average Bonchev–Trinajstić information content (AvgIpc) is 1.47. The molecule has 0 amide bonds. The van der Waals surface area contributed by atoms with Crippen LogP contribution in [0.5, 0.6) is 0 Å². The van der Waals surface area contributed by atoms with Gasteiger partial charge in [0.2, 0.25) is 5.70 Å².